The summed E-state index contributed by atoms with van der Waals surface area (Å²) in [5, 5.41) is 20.4. The number of nitro groups is 1. The highest BCUT2D eigenvalue weighted by atomic mass is 16.6. The zero-order valence-corrected chi connectivity index (χ0v) is 11.7. The zero-order valence-electron chi connectivity index (χ0n) is 11.7. The fourth-order valence-corrected chi connectivity index (χ4v) is 1.89. The highest BCUT2D eigenvalue weighted by Crippen LogP contribution is 2.13. The molecule has 0 radical (unpaired) electrons. The van der Waals surface area contributed by atoms with Gasteiger partial charge < -0.3 is 9.84 Å². The minimum atomic E-state index is -1.30. The molecule has 0 unspecified atom stereocenters. The second-order valence-corrected chi connectivity index (χ2v) is 4.74. The normalized spacial score (nSPS) is 11.7. The molecule has 1 N–H and O–H groups in total. The molecule has 1 atom stereocenters. The van der Waals surface area contributed by atoms with E-state index in [4.69, 9.17) is 4.74 Å². The largest absolute Gasteiger partial charge is 0.459 e. The Balaban J connectivity index is 1.86. The van der Waals surface area contributed by atoms with Crippen LogP contribution >= 0.6 is 0 Å². The molecule has 0 heterocycles. The van der Waals surface area contributed by atoms with Crippen molar-refractivity contribution < 1.29 is 19.6 Å². The molecule has 6 nitrogen and oxygen atoms in total. The van der Waals surface area contributed by atoms with Gasteiger partial charge in [-0.1, -0.05) is 42.5 Å². The predicted molar refractivity (Wildman–Crippen MR) is 79.0 cm³/mol. The van der Waals surface area contributed by atoms with Crippen LogP contribution in [0.15, 0.2) is 54.6 Å². The summed E-state index contributed by atoms with van der Waals surface area (Å²) in [7, 11) is 0. The van der Waals surface area contributed by atoms with Gasteiger partial charge in [-0.05, 0) is 11.1 Å². The Hall–Kier alpha value is -2.73. The number of rotatable bonds is 6. The molecule has 0 saturated carbocycles. The molecule has 114 valence electrons. The highest BCUT2D eigenvalue weighted by molar-refractivity contribution is 5.74. The third-order valence-corrected chi connectivity index (χ3v) is 3.07. The van der Waals surface area contributed by atoms with Gasteiger partial charge in [0.2, 0.25) is 0 Å². The molecular weight excluding hydrogens is 286 g/mol. The van der Waals surface area contributed by atoms with E-state index >= 15 is 0 Å². The van der Waals surface area contributed by atoms with Crippen molar-refractivity contribution in [2.24, 2.45) is 0 Å². The van der Waals surface area contributed by atoms with Crippen LogP contribution in [0.5, 0.6) is 0 Å². The van der Waals surface area contributed by atoms with Crippen molar-refractivity contribution in [2.75, 3.05) is 0 Å². The standard InChI is InChI=1S/C16H15NO5/c18-15(10-12-6-8-14(9-7-12)17(20)21)16(19)22-11-13-4-2-1-3-5-13/h1-9,15,18H,10-11H2/t15-/m1/s1. The SMILES string of the molecule is O=C(OCc1ccccc1)[C@H](O)Cc1ccc([N+](=O)[O-])cc1. The number of non-ortho nitro benzene ring substituents is 1. The predicted octanol–water partition coefficient (Wildman–Crippen LogP) is 2.24. The number of carbonyl (C=O) groups excluding carboxylic acids is 1. The van der Waals surface area contributed by atoms with Crippen LogP contribution in [0, 0.1) is 10.1 Å². The Morgan fingerprint density at radius 3 is 2.32 bits per heavy atom. The van der Waals surface area contributed by atoms with E-state index in [-0.39, 0.29) is 18.7 Å². The summed E-state index contributed by atoms with van der Waals surface area (Å²) in [4.78, 5) is 21.8. The van der Waals surface area contributed by atoms with E-state index < -0.39 is 17.0 Å². The van der Waals surface area contributed by atoms with Crippen LogP contribution in [0.2, 0.25) is 0 Å². The van der Waals surface area contributed by atoms with E-state index in [0.717, 1.165) is 5.56 Å². The van der Waals surface area contributed by atoms with Crippen molar-refractivity contribution in [1.82, 2.24) is 0 Å². The van der Waals surface area contributed by atoms with Crippen molar-refractivity contribution in [2.45, 2.75) is 19.1 Å². The Morgan fingerprint density at radius 1 is 1.09 bits per heavy atom. The van der Waals surface area contributed by atoms with Crippen LogP contribution in [0.25, 0.3) is 0 Å². The molecular formula is C16H15NO5. The van der Waals surface area contributed by atoms with E-state index in [1.54, 1.807) is 0 Å². The molecule has 0 aromatic heterocycles. The minimum Gasteiger partial charge on any atom is -0.459 e. The molecule has 0 bridgehead atoms. The monoisotopic (exact) mass is 301 g/mol. The first kappa shape index (κ1) is 15.7. The van der Waals surface area contributed by atoms with Gasteiger partial charge in [0.05, 0.1) is 4.92 Å². The molecule has 0 spiro atoms. The molecule has 0 aliphatic rings. The molecule has 0 amide bonds. The van der Waals surface area contributed by atoms with E-state index in [0.29, 0.717) is 5.56 Å². The van der Waals surface area contributed by atoms with Gasteiger partial charge in [-0.2, -0.15) is 0 Å². The van der Waals surface area contributed by atoms with Crippen LogP contribution < -0.4 is 0 Å². The number of carbonyl (C=O) groups is 1. The van der Waals surface area contributed by atoms with Crippen LogP contribution in [0.1, 0.15) is 11.1 Å². The average Bonchev–Trinajstić information content (AvgIpc) is 2.54. The van der Waals surface area contributed by atoms with Crippen molar-refractivity contribution in [3.8, 4) is 0 Å². The lowest BCUT2D eigenvalue weighted by Crippen LogP contribution is -2.25. The van der Waals surface area contributed by atoms with Crippen molar-refractivity contribution in [3.05, 3.63) is 75.8 Å². The van der Waals surface area contributed by atoms with Gasteiger partial charge in [0.1, 0.15) is 6.61 Å². The van der Waals surface area contributed by atoms with Gasteiger partial charge in [0.15, 0.2) is 6.10 Å². The van der Waals surface area contributed by atoms with Gasteiger partial charge in [0.25, 0.3) is 5.69 Å². The quantitative estimate of drug-likeness (QED) is 0.502. The van der Waals surface area contributed by atoms with Crippen LogP contribution in [0.3, 0.4) is 0 Å². The molecule has 6 heteroatoms. The Labute approximate surface area is 127 Å². The van der Waals surface area contributed by atoms with Crippen LogP contribution in [-0.2, 0) is 22.6 Å². The number of hydrogen-bond acceptors (Lipinski definition) is 5. The number of nitro benzene ring substituents is 1. The topological polar surface area (TPSA) is 89.7 Å². The molecule has 0 aliphatic heterocycles. The van der Waals surface area contributed by atoms with Crippen molar-refractivity contribution in [3.63, 3.8) is 0 Å². The summed E-state index contributed by atoms with van der Waals surface area (Å²) in [6, 6.07) is 14.8. The third kappa shape index (κ3) is 4.39. The number of hydrogen-bond donors (Lipinski definition) is 1. The number of ether oxygens (including phenoxy) is 1. The van der Waals surface area contributed by atoms with E-state index in [9.17, 15) is 20.0 Å². The lowest BCUT2D eigenvalue weighted by Gasteiger charge is -2.10. The van der Waals surface area contributed by atoms with E-state index in [1.165, 1.54) is 24.3 Å². The average molecular weight is 301 g/mol. The third-order valence-electron chi connectivity index (χ3n) is 3.07. The summed E-state index contributed by atoms with van der Waals surface area (Å²) in [6.45, 7) is 0.0942. The molecule has 2 rings (SSSR count). The maximum atomic E-state index is 11.7. The summed E-state index contributed by atoms with van der Waals surface area (Å²) in [5.41, 5.74) is 1.41. The zero-order chi connectivity index (χ0) is 15.9. The van der Waals surface area contributed by atoms with Crippen molar-refractivity contribution in [1.29, 1.82) is 0 Å². The number of nitrogens with zero attached hydrogens (tertiary/aromatic N) is 1. The molecule has 0 saturated heterocycles. The highest BCUT2D eigenvalue weighted by Gasteiger charge is 2.17. The van der Waals surface area contributed by atoms with Gasteiger partial charge in [0, 0.05) is 18.6 Å². The number of benzene rings is 2. The first-order valence-electron chi connectivity index (χ1n) is 6.68. The Morgan fingerprint density at radius 2 is 1.73 bits per heavy atom. The summed E-state index contributed by atoms with van der Waals surface area (Å²) in [6.07, 6.45) is -1.25. The lowest BCUT2D eigenvalue weighted by atomic mass is 10.1. The van der Waals surface area contributed by atoms with Crippen molar-refractivity contribution >= 4 is 11.7 Å². The van der Waals surface area contributed by atoms with Crippen LogP contribution in [-0.4, -0.2) is 22.1 Å². The van der Waals surface area contributed by atoms with Gasteiger partial charge in [-0.15, -0.1) is 0 Å². The van der Waals surface area contributed by atoms with Gasteiger partial charge >= 0.3 is 5.97 Å². The van der Waals surface area contributed by atoms with Gasteiger partial charge in [-0.3, -0.25) is 10.1 Å². The molecule has 22 heavy (non-hydrogen) atoms. The maximum absolute atomic E-state index is 11.7. The van der Waals surface area contributed by atoms with E-state index in [1.807, 2.05) is 30.3 Å². The van der Waals surface area contributed by atoms with Crippen LogP contribution in [0.4, 0.5) is 5.69 Å². The second-order valence-electron chi connectivity index (χ2n) is 4.74. The molecule has 0 aliphatic carbocycles. The smallest absolute Gasteiger partial charge is 0.335 e. The maximum Gasteiger partial charge on any atom is 0.335 e. The molecule has 0 fully saturated rings. The Bertz CT molecular complexity index is 639. The first-order valence-corrected chi connectivity index (χ1v) is 6.68. The second kappa shape index (κ2) is 7.33. The van der Waals surface area contributed by atoms with E-state index in [2.05, 4.69) is 0 Å². The minimum absolute atomic E-state index is 0.0371. The number of aliphatic hydroxyl groups is 1. The lowest BCUT2D eigenvalue weighted by molar-refractivity contribution is -0.384. The number of aliphatic hydroxyl groups excluding tert-OH is 1. The Kier molecular flexibility index (Phi) is 5.21. The molecule has 2 aromatic rings. The number of esters is 1. The van der Waals surface area contributed by atoms with Gasteiger partial charge in [-0.25, -0.2) is 4.79 Å². The first-order chi connectivity index (χ1) is 10.6. The molecule has 2 aromatic carbocycles. The fraction of sp³-hybridized carbons (Fsp3) is 0.188. The summed E-state index contributed by atoms with van der Waals surface area (Å²) in [5.74, 6) is -0.720. The summed E-state index contributed by atoms with van der Waals surface area (Å²) >= 11 is 0. The fourth-order valence-electron chi connectivity index (χ4n) is 1.89. The summed E-state index contributed by atoms with van der Waals surface area (Å²) < 4.78 is 5.03.